The first-order chi connectivity index (χ1) is 10.7. The number of thiophene rings is 1. The molecule has 0 amide bonds. The maximum atomic E-state index is 14.6. The molecule has 22 heavy (non-hydrogen) atoms. The van der Waals surface area contributed by atoms with Gasteiger partial charge in [-0.15, -0.1) is 11.3 Å². The highest BCUT2D eigenvalue weighted by molar-refractivity contribution is 7.25. The lowest BCUT2D eigenvalue weighted by Gasteiger charge is -2.06. The number of benzene rings is 2. The van der Waals surface area contributed by atoms with Crippen LogP contribution in [-0.2, 0) is 6.42 Å². The second-order valence-corrected chi connectivity index (χ2v) is 6.35. The topological polar surface area (TPSA) is 9.23 Å². The van der Waals surface area contributed by atoms with Crippen LogP contribution in [0.5, 0.6) is 5.75 Å². The Balaban J connectivity index is 2.14. The van der Waals surface area contributed by atoms with Gasteiger partial charge in [0.1, 0.15) is 5.82 Å². The molecule has 0 aliphatic rings. The van der Waals surface area contributed by atoms with Crippen LogP contribution in [0.15, 0.2) is 24.3 Å². The van der Waals surface area contributed by atoms with E-state index in [0.717, 1.165) is 23.6 Å². The van der Waals surface area contributed by atoms with Gasteiger partial charge in [0.05, 0.1) is 16.0 Å². The lowest BCUT2D eigenvalue weighted by Crippen LogP contribution is -1.98. The van der Waals surface area contributed by atoms with Crippen LogP contribution in [-0.4, -0.2) is 6.61 Å². The molecule has 1 heterocycles. The van der Waals surface area contributed by atoms with Crippen molar-refractivity contribution in [2.24, 2.45) is 0 Å². The molecule has 0 fully saturated rings. The smallest absolute Gasteiger partial charge is 0.182 e. The van der Waals surface area contributed by atoms with Gasteiger partial charge in [0, 0.05) is 10.8 Å². The lowest BCUT2D eigenvalue weighted by molar-refractivity contribution is 0.295. The average molecular weight is 320 g/mol. The molecule has 0 saturated carbocycles. The van der Waals surface area contributed by atoms with Crippen LogP contribution in [0.3, 0.4) is 0 Å². The minimum Gasteiger partial charge on any atom is -0.490 e. The summed E-state index contributed by atoms with van der Waals surface area (Å²) in [6.07, 6.45) is 2.51. The van der Waals surface area contributed by atoms with Gasteiger partial charge in [0.25, 0.3) is 0 Å². The van der Waals surface area contributed by atoms with Gasteiger partial charge in [-0.25, -0.2) is 8.78 Å². The number of rotatable bonds is 5. The second-order valence-electron chi connectivity index (χ2n) is 5.33. The third-order valence-electron chi connectivity index (χ3n) is 3.87. The zero-order valence-electron chi connectivity index (χ0n) is 12.7. The molecule has 1 aromatic heterocycles. The summed E-state index contributed by atoms with van der Waals surface area (Å²) < 4.78 is 35.5. The Hall–Kier alpha value is -1.68. The molecule has 0 N–H and O–H groups in total. The first-order valence-corrected chi connectivity index (χ1v) is 8.43. The Labute approximate surface area is 132 Å². The molecule has 0 aliphatic carbocycles. The zero-order valence-corrected chi connectivity index (χ0v) is 13.5. The van der Waals surface area contributed by atoms with Crippen LogP contribution in [0.2, 0.25) is 0 Å². The number of hydrogen-bond acceptors (Lipinski definition) is 2. The SMILES string of the molecule is CCCCOc1ccc2c(sc3c(F)c(CC)ccc32)c1F. The summed E-state index contributed by atoms with van der Waals surface area (Å²) in [5.74, 6) is -0.357. The van der Waals surface area contributed by atoms with Crippen LogP contribution < -0.4 is 4.74 Å². The minimum absolute atomic E-state index is 0.228. The largest absolute Gasteiger partial charge is 0.490 e. The highest BCUT2D eigenvalue weighted by Crippen LogP contribution is 2.40. The summed E-state index contributed by atoms with van der Waals surface area (Å²) in [4.78, 5) is 0. The van der Waals surface area contributed by atoms with Gasteiger partial charge < -0.3 is 4.74 Å². The lowest BCUT2D eigenvalue weighted by atomic mass is 10.1. The van der Waals surface area contributed by atoms with Gasteiger partial charge in [0.15, 0.2) is 11.6 Å². The number of ether oxygens (including phenoxy) is 1. The molecular formula is C18H18F2OS. The highest BCUT2D eigenvalue weighted by Gasteiger charge is 2.17. The molecule has 3 rings (SSSR count). The van der Waals surface area contributed by atoms with Gasteiger partial charge in [-0.05, 0) is 30.5 Å². The maximum absolute atomic E-state index is 14.6. The molecule has 4 heteroatoms. The molecule has 0 atom stereocenters. The summed E-state index contributed by atoms with van der Waals surface area (Å²) in [7, 11) is 0. The van der Waals surface area contributed by atoms with Crippen LogP contribution in [0.25, 0.3) is 20.2 Å². The molecule has 0 bridgehead atoms. The standard InChI is InChI=1S/C18H18F2OS/c1-3-5-10-21-14-9-8-13-12-7-6-11(4-2)15(19)17(12)22-18(13)16(14)20/h6-9H,3-5,10H2,1-2H3. The predicted octanol–water partition coefficient (Wildman–Crippen LogP) is 6.07. The number of aryl methyl sites for hydroxylation is 1. The van der Waals surface area contributed by atoms with Crippen LogP contribution >= 0.6 is 11.3 Å². The molecule has 0 spiro atoms. The maximum Gasteiger partial charge on any atom is 0.182 e. The Morgan fingerprint density at radius 1 is 0.955 bits per heavy atom. The Kier molecular flexibility index (Phi) is 4.30. The summed E-state index contributed by atoms with van der Waals surface area (Å²) in [6.45, 7) is 4.47. The summed E-state index contributed by atoms with van der Waals surface area (Å²) in [5, 5.41) is 1.52. The molecule has 0 saturated heterocycles. The molecule has 0 radical (unpaired) electrons. The molecule has 2 aromatic carbocycles. The van der Waals surface area contributed by atoms with Crippen LogP contribution in [0, 0.1) is 11.6 Å². The van der Waals surface area contributed by atoms with Crippen LogP contribution in [0.4, 0.5) is 8.78 Å². The highest BCUT2D eigenvalue weighted by atomic mass is 32.1. The Morgan fingerprint density at radius 3 is 2.32 bits per heavy atom. The normalized spacial score (nSPS) is 11.5. The Morgan fingerprint density at radius 2 is 1.64 bits per heavy atom. The molecule has 3 aromatic rings. The van der Waals surface area contributed by atoms with E-state index in [4.69, 9.17) is 4.74 Å². The number of hydrogen-bond donors (Lipinski definition) is 0. The zero-order chi connectivity index (χ0) is 15.7. The minimum atomic E-state index is -0.382. The van der Waals surface area contributed by atoms with Crippen molar-refractivity contribution >= 4 is 31.5 Å². The first kappa shape index (κ1) is 15.2. The summed E-state index contributed by atoms with van der Waals surface area (Å²) >= 11 is 1.17. The van der Waals surface area contributed by atoms with E-state index in [0.29, 0.717) is 28.0 Å². The van der Waals surface area contributed by atoms with Gasteiger partial charge >= 0.3 is 0 Å². The van der Waals surface area contributed by atoms with E-state index in [1.807, 2.05) is 19.1 Å². The fourth-order valence-corrected chi connectivity index (χ4v) is 3.76. The monoisotopic (exact) mass is 320 g/mol. The number of unbranched alkanes of at least 4 members (excludes halogenated alkanes) is 1. The summed E-state index contributed by atoms with van der Waals surface area (Å²) in [5.41, 5.74) is 0.666. The summed E-state index contributed by atoms with van der Waals surface area (Å²) in [6, 6.07) is 7.13. The van der Waals surface area contributed by atoms with E-state index in [9.17, 15) is 8.78 Å². The predicted molar refractivity (Wildman–Crippen MR) is 89.0 cm³/mol. The van der Waals surface area contributed by atoms with E-state index in [2.05, 4.69) is 6.92 Å². The van der Waals surface area contributed by atoms with Crippen LogP contribution in [0.1, 0.15) is 32.3 Å². The van der Waals surface area contributed by atoms with Crippen molar-refractivity contribution in [1.82, 2.24) is 0 Å². The first-order valence-electron chi connectivity index (χ1n) is 7.62. The van der Waals surface area contributed by atoms with Crippen molar-refractivity contribution < 1.29 is 13.5 Å². The van der Waals surface area contributed by atoms with Gasteiger partial charge in [-0.3, -0.25) is 0 Å². The van der Waals surface area contributed by atoms with Crippen molar-refractivity contribution in [3.63, 3.8) is 0 Å². The van der Waals surface area contributed by atoms with E-state index in [1.165, 1.54) is 11.3 Å². The molecule has 0 unspecified atom stereocenters. The van der Waals surface area contributed by atoms with E-state index >= 15 is 0 Å². The fraction of sp³-hybridized carbons (Fsp3) is 0.333. The number of fused-ring (bicyclic) bond motifs is 3. The molecule has 116 valence electrons. The van der Waals surface area contributed by atoms with Crippen molar-refractivity contribution in [3.05, 3.63) is 41.5 Å². The third-order valence-corrected chi connectivity index (χ3v) is 5.08. The molecule has 1 nitrogen and oxygen atoms in total. The quantitative estimate of drug-likeness (QED) is 0.518. The van der Waals surface area contributed by atoms with Crippen molar-refractivity contribution in [3.8, 4) is 5.75 Å². The number of halogens is 2. The average Bonchev–Trinajstić information content (AvgIpc) is 2.91. The fourth-order valence-electron chi connectivity index (χ4n) is 2.57. The van der Waals surface area contributed by atoms with Crippen molar-refractivity contribution in [2.75, 3.05) is 6.61 Å². The molecule has 0 aliphatic heterocycles. The van der Waals surface area contributed by atoms with Gasteiger partial charge in [-0.2, -0.15) is 0 Å². The molecular weight excluding hydrogens is 302 g/mol. The Bertz CT molecular complexity index is 823. The van der Waals surface area contributed by atoms with Gasteiger partial charge in [0.2, 0.25) is 0 Å². The van der Waals surface area contributed by atoms with Crippen molar-refractivity contribution in [1.29, 1.82) is 0 Å². The van der Waals surface area contributed by atoms with E-state index in [-0.39, 0.29) is 17.4 Å². The second kappa shape index (κ2) is 6.21. The van der Waals surface area contributed by atoms with Crippen molar-refractivity contribution in [2.45, 2.75) is 33.1 Å². The van der Waals surface area contributed by atoms with Gasteiger partial charge in [-0.1, -0.05) is 32.4 Å². The van der Waals surface area contributed by atoms with E-state index in [1.54, 1.807) is 12.1 Å². The third kappa shape index (κ3) is 2.45. The van der Waals surface area contributed by atoms with E-state index < -0.39 is 0 Å².